The Morgan fingerprint density at radius 3 is 2.57 bits per heavy atom. The highest BCUT2D eigenvalue weighted by atomic mass is 16.5. The number of morpholine rings is 1. The third-order valence-corrected chi connectivity index (χ3v) is 5.39. The topological polar surface area (TPSA) is 73.2 Å². The van der Waals surface area contributed by atoms with Gasteiger partial charge in [-0.15, -0.1) is 0 Å². The van der Waals surface area contributed by atoms with E-state index in [9.17, 15) is 4.79 Å². The van der Waals surface area contributed by atoms with Crippen molar-refractivity contribution in [2.24, 2.45) is 0 Å². The van der Waals surface area contributed by atoms with Crippen LogP contribution in [0.3, 0.4) is 0 Å². The van der Waals surface area contributed by atoms with Crippen molar-refractivity contribution in [1.29, 1.82) is 0 Å². The van der Waals surface area contributed by atoms with Gasteiger partial charge >= 0.3 is 0 Å². The molecule has 1 fully saturated rings. The summed E-state index contributed by atoms with van der Waals surface area (Å²) in [7, 11) is 3.23. The van der Waals surface area contributed by atoms with Crippen LogP contribution < -0.4 is 14.8 Å². The lowest BCUT2D eigenvalue weighted by Gasteiger charge is -2.34. The van der Waals surface area contributed by atoms with Crippen LogP contribution in [-0.4, -0.2) is 57.9 Å². The predicted octanol–water partition coefficient (Wildman–Crippen LogP) is 3.25. The predicted molar refractivity (Wildman–Crippen MR) is 113 cm³/mol. The maximum Gasteiger partial charge on any atom is 0.287 e. The quantitative estimate of drug-likeness (QED) is 0.645. The Balaban J connectivity index is 1.51. The molecule has 0 bridgehead atoms. The minimum Gasteiger partial charge on any atom is -0.497 e. The molecule has 2 heterocycles. The van der Waals surface area contributed by atoms with Gasteiger partial charge in [-0.3, -0.25) is 9.69 Å². The Labute approximate surface area is 175 Å². The lowest BCUT2D eigenvalue weighted by molar-refractivity contribution is 0.0161. The number of amides is 1. The fourth-order valence-corrected chi connectivity index (χ4v) is 3.76. The highest BCUT2D eigenvalue weighted by molar-refractivity contribution is 5.97. The molecule has 1 unspecified atom stereocenters. The summed E-state index contributed by atoms with van der Waals surface area (Å²) in [6, 6.07) is 15.3. The molecule has 1 atom stereocenters. The van der Waals surface area contributed by atoms with Crippen molar-refractivity contribution in [3.63, 3.8) is 0 Å². The monoisotopic (exact) mass is 410 g/mol. The fraction of sp³-hybridized carbons (Fsp3) is 0.348. The number of fused-ring (bicyclic) bond motifs is 1. The van der Waals surface area contributed by atoms with Gasteiger partial charge in [-0.05, 0) is 29.8 Å². The molecule has 1 aromatic heterocycles. The lowest BCUT2D eigenvalue weighted by Crippen LogP contribution is -2.43. The molecule has 2 aromatic carbocycles. The highest BCUT2D eigenvalue weighted by Gasteiger charge is 2.24. The van der Waals surface area contributed by atoms with Gasteiger partial charge in [-0.1, -0.05) is 24.3 Å². The SMILES string of the molecule is COc1ccc(C(CNC(=O)c2cc3cccc(OC)c3o2)N2CCOCC2)cc1. The van der Waals surface area contributed by atoms with E-state index in [0.29, 0.717) is 31.1 Å². The van der Waals surface area contributed by atoms with Gasteiger partial charge in [0.25, 0.3) is 5.91 Å². The van der Waals surface area contributed by atoms with Crippen LogP contribution in [0.2, 0.25) is 0 Å². The lowest BCUT2D eigenvalue weighted by atomic mass is 10.0. The smallest absolute Gasteiger partial charge is 0.287 e. The van der Waals surface area contributed by atoms with Crippen LogP contribution in [0.1, 0.15) is 22.2 Å². The van der Waals surface area contributed by atoms with Crippen molar-refractivity contribution in [3.8, 4) is 11.5 Å². The molecule has 1 N–H and O–H groups in total. The Morgan fingerprint density at radius 2 is 1.87 bits per heavy atom. The fourth-order valence-electron chi connectivity index (χ4n) is 3.76. The molecule has 0 spiro atoms. The van der Waals surface area contributed by atoms with Crippen LogP contribution in [0, 0.1) is 0 Å². The number of hydrogen-bond donors (Lipinski definition) is 1. The number of nitrogens with zero attached hydrogens (tertiary/aromatic N) is 1. The van der Waals surface area contributed by atoms with E-state index in [-0.39, 0.29) is 17.7 Å². The first-order chi connectivity index (χ1) is 14.7. The summed E-state index contributed by atoms with van der Waals surface area (Å²) in [5.41, 5.74) is 1.69. The Hall–Kier alpha value is -3.03. The molecule has 3 aromatic rings. The zero-order chi connectivity index (χ0) is 20.9. The van der Waals surface area contributed by atoms with Crippen LogP contribution in [0.15, 0.2) is 52.9 Å². The number of furan rings is 1. The number of carbonyl (C=O) groups is 1. The summed E-state index contributed by atoms with van der Waals surface area (Å²) in [5, 5.41) is 3.87. The molecule has 0 radical (unpaired) electrons. The van der Waals surface area contributed by atoms with E-state index in [1.165, 1.54) is 0 Å². The normalized spacial score (nSPS) is 15.7. The summed E-state index contributed by atoms with van der Waals surface area (Å²) in [4.78, 5) is 15.2. The zero-order valence-corrected chi connectivity index (χ0v) is 17.2. The van der Waals surface area contributed by atoms with Crippen molar-refractivity contribution in [2.75, 3.05) is 47.1 Å². The maximum atomic E-state index is 12.8. The molecule has 0 saturated carbocycles. The molecule has 7 nitrogen and oxygen atoms in total. The molecular formula is C23H26N2O5. The van der Waals surface area contributed by atoms with Crippen LogP contribution in [0.4, 0.5) is 0 Å². The summed E-state index contributed by atoms with van der Waals surface area (Å²) in [5.74, 6) is 1.43. The van der Waals surface area contributed by atoms with E-state index in [1.807, 2.05) is 42.5 Å². The minimum atomic E-state index is -0.250. The second-order valence-corrected chi connectivity index (χ2v) is 7.14. The van der Waals surface area contributed by atoms with E-state index < -0.39 is 0 Å². The Bertz CT molecular complexity index is 993. The summed E-state index contributed by atoms with van der Waals surface area (Å²) < 4.78 is 21.9. The summed E-state index contributed by atoms with van der Waals surface area (Å²) in [6.45, 7) is 3.45. The molecule has 0 aliphatic carbocycles. The van der Waals surface area contributed by atoms with Crippen molar-refractivity contribution in [2.45, 2.75) is 6.04 Å². The first-order valence-corrected chi connectivity index (χ1v) is 10.00. The van der Waals surface area contributed by atoms with Gasteiger partial charge in [-0.25, -0.2) is 0 Å². The average Bonchev–Trinajstić information content (AvgIpc) is 3.25. The van der Waals surface area contributed by atoms with Gasteiger partial charge in [0.05, 0.1) is 33.5 Å². The van der Waals surface area contributed by atoms with Gasteiger partial charge in [-0.2, -0.15) is 0 Å². The van der Waals surface area contributed by atoms with Crippen molar-refractivity contribution in [3.05, 3.63) is 59.9 Å². The Morgan fingerprint density at radius 1 is 1.10 bits per heavy atom. The molecule has 1 amide bonds. The van der Waals surface area contributed by atoms with Crippen LogP contribution in [-0.2, 0) is 4.74 Å². The van der Waals surface area contributed by atoms with Crippen molar-refractivity contribution < 1.29 is 23.4 Å². The van der Waals surface area contributed by atoms with E-state index in [0.717, 1.165) is 29.8 Å². The summed E-state index contributed by atoms with van der Waals surface area (Å²) in [6.07, 6.45) is 0. The zero-order valence-electron chi connectivity index (χ0n) is 17.2. The van der Waals surface area contributed by atoms with Gasteiger partial charge in [0.1, 0.15) is 5.75 Å². The molecular weight excluding hydrogens is 384 g/mol. The van der Waals surface area contributed by atoms with Gasteiger partial charge in [0.2, 0.25) is 0 Å². The highest BCUT2D eigenvalue weighted by Crippen LogP contribution is 2.29. The molecule has 158 valence electrons. The van der Waals surface area contributed by atoms with Gasteiger partial charge in [0, 0.05) is 25.0 Å². The second-order valence-electron chi connectivity index (χ2n) is 7.14. The maximum absolute atomic E-state index is 12.8. The first kappa shape index (κ1) is 20.3. The number of nitrogens with one attached hydrogen (secondary N) is 1. The van der Waals surface area contributed by atoms with Crippen molar-refractivity contribution in [1.82, 2.24) is 10.2 Å². The Kier molecular flexibility index (Phi) is 6.21. The van der Waals surface area contributed by atoms with Crippen LogP contribution in [0.25, 0.3) is 11.0 Å². The number of para-hydroxylation sites is 1. The molecule has 4 rings (SSSR count). The standard InChI is InChI=1S/C23H26N2O5/c1-27-18-8-6-16(7-9-18)19(25-10-12-29-13-11-25)15-24-23(26)21-14-17-4-3-5-20(28-2)22(17)30-21/h3-9,14,19H,10-13,15H2,1-2H3,(H,24,26). The summed E-state index contributed by atoms with van der Waals surface area (Å²) >= 11 is 0. The third kappa shape index (κ3) is 4.27. The van der Waals surface area contributed by atoms with Crippen molar-refractivity contribution >= 4 is 16.9 Å². The van der Waals surface area contributed by atoms with E-state index in [4.69, 9.17) is 18.6 Å². The molecule has 1 aliphatic heterocycles. The minimum absolute atomic E-state index is 0.0303. The number of rotatable bonds is 7. The van der Waals surface area contributed by atoms with E-state index in [2.05, 4.69) is 10.2 Å². The number of carbonyl (C=O) groups excluding carboxylic acids is 1. The van der Waals surface area contributed by atoms with Gasteiger partial charge < -0.3 is 23.9 Å². The molecule has 7 heteroatoms. The first-order valence-electron chi connectivity index (χ1n) is 10.00. The van der Waals surface area contributed by atoms with Crippen LogP contribution >= 0.6 is 0 Å². The number of ether oxygens (including phenoxy) is 3. The van der Waals surface area contributed by atoms with E-state index in [1.54, 1.807) is 20.3 Å². The van der Waals surface area contributed by atoms with Crippen LogP contribution in [0.5, 0.6) is 11.5 Å². The third-order valence-electron chi connectivity index (χ3n) is 5.39. The number of benzene rings is 2. The number of methoxy groups -OCH3 is 2. The second kappa shape index (κ2) is 9.19. The molecule has 30 heavy (non-hydrogen) atoms. The largest absolute Gasteiger partial charge is 0.497 e. The molecule has 1 aliphatic rings. The number of hydrogen-bond acceptors (Lipinski definition) is 6. The average molecular weight is 410 g/mol. The van der Waals surface area contributed by atoms with Gasteiger partial charge in [0.15, 0.2) is 17.1 Å². The van der Waals surface area contributed by atoms with E-state index >= 15 is 0 Å². The molecule has 1 saturated heterocycles.